The van der Waals surface area contributed by atoms with Gasteiger partial charge in [-0.3, -0.25) is 14.9 Å². The first-order chi connectivity index (χ1) is 14.0. The molecular weight excluding hydrogens is 414 g/mol. The molecule has 5 heteroatoms. The summed E-state index contributed by atoms with van der Waals surface area (Å²) in [4.78, 5) is 23.8. The topological polar surface area (TPSA) is 46.2 Å². The number of hydrogen-bond acceptors (Lipinski definition) is 3. The maximum atomic E-state index is 11.9. The average molecular weight is 440 g/mol. The van der Waals surface area contributed by atoms with E-state index in [2.05, 4.69) is 52.1 Å². The maximum absolute atomic E-state index is 11.9. The van der Waals surface area contributed by atoms with Gasteiger partial charge in [0.15, 0.2) is 0 Å². The highest BCUT2D eigenvalue weighted by atomic mass is 35.5. The van der Waals surface area contributed by atoms with Crippen LogP contribution in [0.3, 0.4) is 0 Å². The van der Waals surface area contributed by atoms with E-state index in [0.29, 0.717) is 9.93 Å². The van der Waals surface area contributed by atoms with Crippen molar-refractivity contribution in [1.82, 2.24) is 5.32 Å². The van der Waals surface area contributed by atoms with Crippen molar-refractivity contribution in [2.75, 3.05) is 0 Å². The summed E-state index contributed by atoms with van der Waals surface area (Å²) in [6, 6.07) is 10.4. The molecule has 0 radical (unpaired) electrons. The van der Waals surface area contributed by atoms with Gasteiger partial charge in [-0.1, -0.05) is 51.4 Å². The van der Waals surface area contributed by atoms with Crippen molar-refractivity contribution >= 4 is 40.6 Å². The number of hydrogen-bond donors (Lipinski definition) is 1. The Morgan fingerprint density at radius 2 is 1.60 bits per heavy atom. The zero-order valence-corrected chi connectivity index (χ0v) is 19.6. The van der Waals surface area contributed by atoms with Crippen LogP contribution in [-0.4, -0.2) is 11.1 Å². The molecule has 0 saturated carbocycles. The first kappa shape index (κ1) is 21.2. The van der Waals surface area contributed by atoms with E-state index in [1.165, 1.54) is 23.1 Å². The second-order valence-corrected chi connectivity index (χ2v) is 11.0. The molecule has 2 aromatic rings. The molecule has 2 amide bonds. The monoisotopic (exact) mass is 439 g/mol. The van der Waals surface area contributed by atoms with E-state index in [1.807, 2.05) is 18.2 Å². The van der Waals surface area contributed by atoms with E-state index in [0.717, 1.165) is 34.9 Å². The van der Waals surface area contributed by atoms with E-state index in [-0.39, 0.29) is 22.0 Å². The SMILES string of the molecule is Cc1cc2c(cc1-c1cc(/C=C3/SC(=O)NC3=O)ccc1Cl)C(C)(C)CCC2(C)C. The van der Waals surface area contributed by atoms with Crippen LogP contribution >= 0.6 is 23.4 Å². The lowest BCUT2D eigenvalue weighted by Gasteiger charge is -2.42. The van der Waals surface area contributed by atoms with Gasteiger partial charge in [0.25, 0.3) is 11.1 Å². The number of carbonyl (C=O) groups is 2. The smallest absolute Gasteiger partial charge is 0.282 e. The van der Waals surface area contributed by atoms with Crippen LogP contribution in [0.25, 0.3) is 17.2 Å². The Hall–Kier alpha value is -2.04. The van der Waals surface area contributed by atoms with Gasteiger partial charge in [0.05, 0.1) is 4.91 Å². The van der Waals surface area contributed by atoms with Gasteiger partial charge < -0.3 is 0 Å². The predicted octanol–water partition coefficient (Wildman–Crippen LogP) is 6.99. The molecule has 2 aromatic carbocycles. The van der Waals surface area contributed by atoms with Crippen molar-refractivity contribution in [3.05, 3.63) is 62.5 Å². The van der Waals surface area contributed by atoms with Gasteiger partial charge in [-0.05, 0) is 94.4 Å². The number of fused-ring (bicyclic) bond motifs is 1. The van der Waals surface area contributed by atoms with Crippen molar-refractivity contribution in [2.45, 2.75) is 58.3 Å². The summed E-state index contributed by atoms with van der Waals surface area (Å²) in [7, 11) is 0. The molecule has 0 aromatic heterocycles. The van der Waals surface area contributed by atoms with Gasteiger partial charge in [-0.2, -0.15) is 0 Å². The summed E-state index contributed by atoms with van der Waals surface area (Å²) in [5.74, 6) is -0.351. The average Bonchev–Trinajstić information content (AvgIpc) is 2.97. The Bertz CT molecular complexity index is 1110. The number of nitrogens with one attached hydrogen (secondary N) is 1. The van der Waals surface area contributed by atoms with Gasteiger partial charge in [-0.15, -0.1) is 0 Å². The molecule has 2 aliphatic rings. The zero-order chi connectivity index (χ0) is 21.8. The Morgan fingerprint density at radius 3 is 2.20 bits per heavy atom. The minimum absolute atomic E-state index is 0.109. The van der Waals surface area contributed by atoms with E-state index >= 15 is 0 Å². The summed E-state index contributed by atoms with van der Waals surface area (Å²) < 4.78 is 0. The fraction of sp³-hybridized carbons (Fsp3) is 0.360. The van der Waals surface area contributed by atoms with Crippen LogP contribution in [0.1, 0.15) is 62.8 Å². The molecule has 0 spiro atoms. The van der Waals surface area contributed by atoms with Crippen LogP contribution in [0.4, 0.5) is 4.79 Å². The fourth-order valence-electron chi connectivity index (χ4n) is 4.42. The van der Waals surface area contributed by atoms with Crippen LogP contribution in [0, 0.1) is 6.92 Å². The van der Waals surface area contributed by atoms with Gasteiger partial charge in [0.2, 0.25) is 0 Å². The van der Waals surface area contributed by atoms with E-state index in [1.54, 1.807) is 6.08 Å². The van der Waals surface area contributed by atoms with Crippen LogP contribution < -0.4 is 5.32 Å². The Kier molecular flexibility index (Phi) is 5.14. The number of benzene rings is 2. The normalized spacial score (nSPS) is 20.9. The summed E-state index contributed by atoms with van der Waals surface area (Å²) in [6.45, 7) is 11.4. The molecule has 0 bridgehead atoms. The summed E-state index contributed by atoms with van der Waals surface area (Å²) in [6.07, 6.45) is 4.06. The highest BCUT2D eigenvalue weighted by molar-refractivity contribution is 8.18. The van der Waals surface area contributed by atoms with Crippen LogP contribution in [0.5, 0.6) is 0 Å². The second-order valence-electron chi connectivity index (χ2n) is 9.57. The fourth-order valence-corrected chi connectivity index (χ4v) is 5.33. The van der Waals surface area contributed by atoms with Crippen LogP contribution in [0.2, 0.25) is 5.02 Å². The highest BCUT2D eigenvalue weighted by Crippen LogP contribution is 2.48. The number of carbonyl (C=O) groups excluding carboxylic acids is 2. The molecule has 4 rings (SSSR count). The van der Waals surface area contributed by atoms with Crippen molar-refractivity contribution in [3.63, 3.8) is 0 Å². The third-order valence-electron chi connectivity index (χ3n) is 6.42. The molecule has 1 aliphatic carbocycles. The number of rotatable bonds is 2. The minimum atomic E-state index is -0.351. The Labute approximate surface area is 187 Å². The zero-order valence-electron chi connectivity index (χ0n) is 18.0. The van der Waals surface area contributed by atoms with Gasteiger partial charge >= 0.3 is 0 Å². The van der Waals surface area contributed by atoms with Crippen LogP contribution in [0.15, 0.2) is 35.2 Å². The quantitative estimate of drug-likeness (QED) is 0.513. The second kappa shape index (κ2) is 7.28. The van der Waals surface area contributed by atoms with Crippen LogP contribution in [-0.2, 0) is 15.6 Å². The van der Waals surface area contributed by atoms with Crippen molar-refractivity contribution in [1.29, 1.82) is 0 Å². The first-order valence-corrected chi connectivity index (χ1v) is 11.4. The van der Waals surface area contributed by atoms with E-state index in [9.17, 15) is 9.59 Å². The summed E-state index contributed by atoms with van der Waals surface area (Å²) >= 11 is 7.55. The largest absolute Gasteiger partial charge is 0.290 e. The molecule has 1 aliphatic heterocycles. The van der Waals surface area contributed by atoms with Crippen molar-refractivity contribution in [2.24, 2.45) is 0 Å². The molecular formula is C25H26ClNO2S. The molecule has 3 nitrogen and oxygen atoms in total. The summed E-state index contributed by atoms with van der Waals surface area (Å²) in [5, 5.41) is 2.63. The Morgan fingerprint density at radius 1 is 0.967 bits per heavy atom. The number of halogens is 1. The van der Waals surface area contributed by atoms with E-state index < -0.39 is 0 Å². The minimum Gasteiger partial charge on any atom is -0.282 e. The molecule has 156 valence electrons. The van der Waals surface area contributed by atoms with Crippen molar-refractivity contribution < 1.29 is 9.59 Å². The number of aryl methyl sites for hydroxylation is 1. The Balaban J connectivity index is 1.84. The highest BCUT2D eigenvalue weighted by Gasteiger charge is 2.37. The predicted molar refractivity (Wildman–Crippen MR) is 126 cm³/mol. The summed E-state index contributed by atoms with van der Waals surface area (Å²) in [5.41, 5.74) is 7.17. The standard InChI is InChI=1S/C25H26ClNO2S/c1-14-10-18-19(25(4,5)9-8-24(18,2)3)13-16(14)17-11-15(6-7-20(17)26)12-21-22(28)27-23(29)30-21/h6-7,10-13H,8-9H2,1-5H3,(H,27,28,29)/b21-12+. The lowest BCUT2D eigenvalue weighted by molar-refractivity contribution is -0.115. The number of imide groups is 1. The molecule has 1 fully saturated rings. The molecule has 30 heavy (non-hydrogen) atoms. The number of amides is 2. The van der Waals surface area contributed by atoms with Gasteiger partial charge in [0, 0.05) is 10.6 Å². The lowest BCUT2D eigenvalue weighted by atomic mass is 9.62. The van der Waals surface area contributed by atoms with Crippen molar-refractivity contribution in [3.8, 4) is 11.1 Å². The molecule has 0 atom stereocenters. The van der Waals surface area contributed by atoms with E-state index in [4.69, 9.17) is 11.6 Å². The molecule has 1 N–H and O–H groups in total. The third-order valence-corrected chi connectivity index (χ3v) is 7.56. The first-order valence-electron chi connectivity index (χ1n) is 10.2. The molecule has 1 heterocycles. The lowest BCUT2D eigenvalue weighted by Crippen LogP contribution is -2.34. The molecule has 0 unspecified atom stereocenters. The third kappa shape index (κ3) is 3.72. The molecule has 1 saturated heterocycles. The number of thioether (sulfide) groups is 1. The maximum Gasteiger partial charge on any atom is 0.290 e. The van der Waals surface area contributed by atoms with Gasteiger partial charge in [-0.25, -0.2) is 0 Å². The van der Waals surface area contributed by atoms with Gasteiger partial charge in [0.1, 0.15) is 0 Å².